The highest BCUT2D eigenvalue weighted by Gasteiger charge is 2.56. The molecule has 1 saturated heterocycles. The summed E-state index contributed by atoms with van der Waals surface area (Å²) in [5.41, 5.74) is 5.15. The number of alkyl halides is 1. The van der Waals surface area contributed by atoms with Crippen LogP contribution in [0.1, 0.15) is 56.3 Å². The van der Waals surface area contributed by atoms with Gasteiger partial charge in [0.1, 0.15) is 11.4 Å². The summed E-state index contributed by atoms with van der Waals surface area (Å²) in [5.74, 6) is 1.94. The number of amides is 2. The van der Waals surface area contributed by atoms with E-state index in [0.29, 0.717) is 56.2 Å². The highest BCUT2D eigenvalue weighted by molar-refractivity contribution is 5.99. The standard InChI is InChI=1S/C26H38FN5O4/c1-25(2,15-27)3-4-32-23(31-5-7-35-8-6-31)20(14-29-32)22(33)30-21-18-9-17-10-19(21)13-26(11-17,12-18)16-36-24(28)34/h3-4,14,17-19,21H,5-13,15-16H2,1-2H3,(H2,28,34)(H,30,33). The van der Waals surface area contributed by atoms with Crippen LogP contribution in [0.5, 0.6) is 0 Å². The molecule has 2 heterocycles. The van der Waals surface area contributed by atoms with Gasteiger partial charge in [0.05, 0.1) is 32.7 Å². The molecular formula is C26H38FN5O4. The van der Waals surface area contributed by atoms with Gasteiger partial charge in [0.2, 0.25) is 0 Å². The predicted molar refractivity (Wildman–Crippen MR) is 133 cm³/mol. The molecule has 0 aromatic carbocycles. The van der Waals surface area contributed by atoms with E-state index in [2.05, 4.69) is 15.3 Å². The van der Waals surface area contributed by atoms with Crippen molar-refractivity contribution in [2.75, 3.05) is 44.5 Å². The Balaban J connectivity index is 1.35. The van der Waals surface area contributed by atoms with E-state index in [1.807, 2.05) is 13.8 Å². The van der Waals surface area contributed by atoms with E-state index >= 15 is 0 Å². The molecule has 1 aromatic rings. The predicted octanol–water partition coefficient (Wildman–Crippen LogP) is 3.21. The number of nitrogens with one attached hydrogen (secondary N) is 1. The molecule has 1 aliphatic heterocycles. The summed E-state index contributed by atoms with van der Waals surface area (Å²) in [6.07, 6.45) is 9.58. The van der Waals surface area contributed by atoms with E-state index in [-0.39, 0.29) is 17.4 Å². The molecule has 4 saturated carbocycles. The summed E-state index contributed by atoms with van der Waals surface area (Å²) in [6.45, 7) is 6.01. The second-order valence-electron chi connectivity index (χ2n) is 11.9. The Morgan fingerprint density at radius 2 is 1.97 bits per heavy atom. The van der Waals surface area contributed by atoms with E-state index in [9.17, 15) is 14.0 Å². The van der Waals surface area contributed by atoms with Crippen LogP contribution in [-0.2, 0) is 9.47 Å². The topological polar surface area (TPSA) is 112 Å². The number of hydrogen-bond acceptors (Lipinski definition) is 6. The Hall–Kier alpha value is -2.62. The van der Waals surface area contributed by atoms with Gasteiger partial charge in [-0.2, -0.15) is 5.10 Å². The fraction of sp³-hybridized carbons (Fsp3) is 0.731. The number of hydrogen-bond donors (Lipinski definition) is 2. The van der Waals surface area contributed by atoms with Gasteiger partial charge in [-0.3, -0.25) is 9.18 Å². The van der Waals surface area contributed by atoms with Crippen LogP contribution in [0.3, 0.4) is 0 Å². The zero-order chi connectivity index (χ0) is 25.5. The van der Waals surface area contributed by atoms with Crippen molar-refractivity contribution in [1.82, 2.24) is 15.1 Å². The van der Waals surface area contributed by atoms with Gasteiger partial charge in [-0.1, -0.05) is 19.9 Å². The number of anilines is 1. The van der Waals surface area contributed by atoms with Gasteiger partial charge >= 0.3 is 6.09 Å². The highest BCUT2D eigenvalue weighted by atomic mass is 19.1. The minimum atomic E-state index is -0.716. The molecule has 0 radical (unpaired) electrons. The number of halogens is 1. The lowest BCUT2D eigenvalue weighted by Gasteiger charge is -2.59. The van der Waals surface area contributed by atoms with E-state index < -0.39 is 18.2 Å². The van der Waals surface area contributed by atoms with Crippen molar-refractivity contribution in [2.45, 2.75) is 52.0 Å². The smallest absolute Gasteiger partial charge is 0.404 e. The van der Waals surface area contributed by atoms with E-state index in [1.165, 1.54) is 0 Å². The number of carbonyl (C=O) groups excluding carboxylic acids is 2. The van der Waals surface area contributed by atoms with Gasteiger partial charge in [-0.15, -0.1) is 0 Å². The lowest BCUT2D eigenvalue weighted by molar-refractivity contribution is -0.0977. The highest BCUT2D eigenvalue weighted by Crippen LogP contribution is 2.60. The molecule has 4 bridgehead atoms. The van der Waals surface area contributed by atoms with Crippen molar-refractivity contribution < 1.29 is 23.5 Å². The number of carbonyl (C=O) groups is 2. The largest absolute Gasteiger partial charge is 0.449 e. The molecule has 5 fully saturated rings. The maximum atomic E-state index is 13.7. The first-order valence-corrected chi connectivity index (χ1v) is 13.1. The lowest BCUT2D eigenvalue weighted by atomic mass is 9.48. The third-order valence-electron chi connectivity index (χ3n) is 8.55. The van der Waals surface area contributed by atoms with Gasteiger partial charge in [-0.25, -0.2) is 9.48 Å². The number of ether oxygens (including phenoxy) is 2. The van der Waals surface area contributed by atoms with Crippen LogP contribution in [0, 0.1) is 28.6 Å². The monoisotopic (exact) mass is 503 g/mol. The average molecular weight is 504 g/mol. The van der Waals surface area contributed by atoms with Gasteiger partial charge in [0.25, 0.3) is 5.91 Å². The zero-order valence-electron chi connectivity index (χ0n) is 21.2. The van der Waals surface area contributed by atoms with Crippen LogP contribution in [0.25, 0.3) is 6.20 Å². The zero-order valence-corrected chi connectivity index (χ0v) is 21.2. The maximum Gasteiger partial charge on any atom is 0.404 e. The number of aromatic nitrogens is 2. The summed E-state index contributed by atoms with van der Waals surface area (Å²) in [7, 11) is 0. The first-order chi connectivity index (χ1) is 17.2. The second kappa shape index (κ2) is 9.68. The van der Waals surface area contributed by atoms with Crippen LogP contribution < -0.4 is 16.0 Å². The number of allylic oxidation sites excluding steroid dienone is 1. The molecule has 3 N–H and O–H groups in total. The van der Waals surface area contributed by atoms with Gasteiger partial charge in [0, 0.05) is 36.2 Å². The first-order valence-electron chi connectivity index (χ1n) is 13.1. The number of morpholine rings is 1. The molecular weight excluding hydrogens is 465 g/mol. The summed E-state index contributed by atoms with van der Waals surface area (Å²) in [5, 5.41) is 7.86. The maximum absolute atomic E-state index is 13.7. The minimum absolute atomic E-state index is 0.00930. The van der Waals surface area contributed by atoms with Crippen molar-refractivity contribution in [1.29, 1.82) is 0 Å². The Morgan fingerprint density at radius 3 is 2.61 bits per heavy atom. The molecule has 9 nitrogen and oxygen atoms in total. The van der Waals surface area contributed by atoms with E-state index in [4.69, 9.17) is 15.2 Å². The molecule has 2 amide bonds. The van der Waals surface area contributed by atoms with Crippen molar-refractivity contribution in [3.8, 4) is 0 Å². The van der Waals surface area contributed by atoms with Crippen LogP contribution >= 0.6 is 0 Å². The number of primary amides is 1. The van der Waals surface area contributed by atoms with Crippen molar-refractivity contribution in [2.24, 2.45) is 34.3 Å². The molecule has 10 heteroatoms. The van der Waals surface area contributed by atoms with Gasteiger partial charge in [-0.05, 0) is 49.9 Å². The third-order valence-corrected chi connectivity index (χ3v) is 8.55. The van der Waals surface area contributed by atoms with Crippen LogP contribution in [-0.4, -0.2) is 67.4 Å². The quantitative estimate of drug-likeness (QED) is 0.564. The average Bonchev–Trinajstić information content (AvgIpc) is 3.28. The Kier molecular flexibility index (Phi) is 6.74. The normalized spacial score (nSPS) is 31.7. The van der Waals surface area contributed by atoms with Gasteiger partial charge in [0.15, 0.2) is 0 Å². The Labute approximate surface area is 211 Å². The van der Waals surface area contributed by atoms with Gasteiger partial charge < -0.3 is 25.4 Å². The van der Waals surface area contributed by atoms with Crippen molar-refractivity contribution in [3.63, 3.8) is 0 Å². The molecule has 0 spiro atoms. The van der Waals surface area contributed by atoms with Crippen molar-refractivity contribution in [3.05, 3.63) is 17.8 Å². The fourth-order valence-electron chi connectivity index (χ4n) is 7.09. The van der Waals surface area contributed by atoms with Crippen LogP contribution in [0.15, 0.2) is 12.3 Å². The molecule has 36 heavy (non-hydrogen) atoms. The molecule has 198 valence electrons. The summed E-state index contributed by atoms with van der Waals surface area (Å²) < 4.78 is 25.8. The Morgan fingerprint density at radius 1 is 1.28 bits per heavy atom. The molecule has 2 atom stereocenters. The third kappa shape index (κ3) is 4.96. The molecule has 4 aliphatic carbocycles. The second-order valence-corrected chi connectivity index (χ2v) is 11.9. The lowest BCUT2D eigenvalue weighted by Crippen LogP contribution is -2.60. The number of nitrogens with two attached hydrogens (primary N) is 1. The number of rotatable bonds is 8. The van der Waals surface area contributed by atoms with Crippen molar-refractivity contribution >= 4 is 24.0 Å². The minimum Gasteiger partial charge on any atom is -0.449 e. The SMILES string of the molecule is CC(C)(C=Cn1ncc(C(=O)NC2C3CC4CC2CC(COC(N)=O)(C4)C3)c1N1CCOCC1)CF. The summed E-state index contributed by atoms with van der Waals surface area (Å²) in [6, 6.07) is 0.0951. The number of nitrogens with zero attached hydrogens (tertiary/aromatic N) is 3. The summed E-state index contributed by atoms with van der Waals surface area (Å²) in [4.78, 5) is 27.0. The van der Waals surface area contributed by atoms with Crippen LogP contribution in [0.2, 0.25) is 0 Å². The molecule has 1 aromatic heterocycles. The van der Waals surface area contributed by atoms with E-state index in [1.54, 1.807) is 23.2 Å². The molecule has 6 rings (SSSR count). The Bertz CT molecular complexity index is 1000. The van der Waals surface area contributed by atoms with Crippen LogP contribution in [0.4, 0.5) is 15.0 Å². The fourth-order valence-corrected chi connectivity index (χ4v) is 7.09. The molecule has 2 unspecified atom stereocenters. The van der Waals surface area contributed by atoms with E-state index in [0.717, 1.165) is 37.9 Å². The summed E-state index contributed by atoms with van der Waals surface area (Å²) >= 11 is 0. The first kappa shape index (κ1) is 25.0. The molecule has 5 aliphatic rings.